The second kappa shape index (κ2) is 18.1. The van der Waals surface area contributed by atoms with E-state index in [9.17, 15) is 28.4 Å². The van der Waals surface area contributed by atoms with Gasteiger partial charge < -0.3 is 29.9 Å². The van der Waals surface area contributed by atoms with E-state index in [0.29, 0.717) is 12.5 Å². The first-order chi connectivity index (χ1) is 25.2. The van der Waals surface area contributed by atoms with Crippen molar-refractivity contribution < 1.29 is 33.0 Å². The first-order valence-electron chi connectivity index (χ1n) is 19.5. The molecule has 4 rings (SSSR count). The summed E-state index contributed by atoms with van der Waals surface area (Å²) in [6.45, 7) is 15.9. The van der Waals surface area contributed by atoms with Crippen molar-refractivity contribution in [2.45, 2.75) is 142 Å². The van der Waals surface area contributed by atoms with Gasteiger partial charge in [-0.1, -0.05) is 0 Å². The number of alkyl halides is 1. The van der Waals surface area contributed by atoms with Crippen LogP contribution in [0, 0.1) is 5.92 Å². The zero-order valence-electron chi connectivity index (χ0n) is 33.5. The standard InChI is InChI=1S/C38H63FN8O7/c1-36(2,3)53-34(51)40-27-11-15-28(16-12-27)46(20-18-39)25-26-9-13-29(14-10-26)47-19-17-30(42-33(47)50)41-32(49)45-23-21-44(22-24-45)31(48)38(7,8)43-35(52)54-37(4,5)6/h17,19,26-29H,9-16,18,20-25H2,1-8H3,(H,40,51)(H,43,52)(H,41,42,49,50)/t26-,27-,28-,29-. The number of hydrogen-bond donors (Lipinski definition) is 3. The molecule has 54 heavy (non-hydrogen) atoms. The lowest BCUT2D eigenvalue weighted by Crippen LogP contribution is -2.60. The van der Waals surface area contributed by atoms with Gasteiger partial charge in [0.2, 0.25) is 5.91 Å². The van der Waals surface area contributed by atoms with Crippen LogP contribution in [0.2, 0.25) is 0 Å². The smallest absolute Gasteiger partial charge is 0.408 e. The highest BCUT2D eigenvalue weighted by Crippen LogP contribution is 2.33. The zero-order valence-corrected chi connectivity index (χ0v) is 33.5. The van der Waals surface area contributed by atoms with Crippen molar-refractivity contribution in [1.82, 2.24) is 34.9 Å². The molecule has 3 N–H and O–H groups in total. The van der Waals surface area contributed by atoms with Crippen molar-refractivity contribution >= 4 is 29.9 Å². The molecule has 0 unspecified atom stereocenters. The highest BCUT2D eigenvalue weighted by atomic mass is 19.1. The minimum atomic E-state index is -1.19. The molecule has 0 aromatic carbocycles. The molecule has 3 aliphatic rings. The maximum Gasteiger partial charge on any atom is 0.408 e. The van der Waals surface area contributed by atoms with Gasteiger partial charge in [0, 0.05) is 63.6 Å². The Hall–Kier alpha value is -3.95. The number of alkyl carbamates (subject to hydrolysis) is 2. The van der Waals surface area contributed by atoms with Crippen molar-refractivity contribution in [2.24, 2.45) is 5.92 Å². The molecule has 16 heteroatoms. The third-order valence-electron chi connectivity index (χ3n) is 10.3. The van der Waals surface area contributed by atoms with Crippen LogP contribution in [0.25, 0.3) is 0 Å². The third kappa shape index (κ3) is 12.8. The number of hydrogen-bond acceptors (Lipinski definition) is 9. The van der Waals surface area contributed by atoms with Crippen LogP contribution in [-0.4, -0.2) is 123 Å². The maximum atomic E-state index is 13.6. The number of carbonyl (C=O) groups excluding carboxylic acids is 4. The molecule has 2 heterocycles. The van der Waals surface area contributed by atoms with E-state index in [2.05, 4.69) is 25.8 Å². The first kappa shape index (κ1) is 42.8. The summed E-state index contributed by atoms with van der Waals surface area (Å²) < 4.78 is 26.0. The van der Waals surface area contributed by atoms with Crippen LogP contribution in [0.5, 0.6) is 0 Å². The fourth-order valence-electron chi connectivity index (χ4n) is 7.60. The van der Waals surface area contributed by atoms with Gasteiger partial charge in [0.05, 0.1) is 0 Å². The Morgan fingerprint density at radius 3 is 1.96 bits per heavy atom. The molecule has 5 amide bonds. The fourth-order valence-corrected chi connectivity index (χ4v) is 7.60. The Morgan fingerprint density at radius 2 is 1.41 bits per heavy atom. The van der Waals surface area contributed by atoms with Crippen LogP contribution < -0.4 is 21.6 Å². The van der Waals surface area contributed by atoms with E-state index in [4.69, 9.17) is 9.47 Å². The largest absolute Gasteiger partial charge is 0.444 e. The van der Waals surface area contributed by atoms with E-state index in [-0.39, 0.29) is 56.0 Å². The van der Waals surface area contributed by atoms with Gasteiger partial charge in [0.1, 0.15) is 29.2 Å². The molecule has 304 valence electrons. The van der Waals surface area contributed by atoms with Crippen molar-refractivity contribution in [3.05, 3.63) is 22.7 Å². The second-order valence-corrected chi connectivity index (χ2v) is 17.5. The summed E-state index contributed by atoms with van der Waals surface area (Å²) in [6, 6.07) is 1.55. The minimum absolute atomic E-state index is 0.00494. The Kier molecular flexibility index (Phi) is 14.4. The number of piperazine rings is 1. The molecule has 15 nitrogen and oxygen atoms in total. The van der Waals surface area contributed by atoms with Crippen LogP contribution in [0.1, 0.15) is 113 Å². The molecule has 0 spiro atoms. The lowest BCUT2D eigenvalue weighted by atomic mass is 9.84. The highest BCUT2D eigenvalue weighted by Gasteiger charge is 2.37. The normalized spacial score (nSPS) is 22.7. The summed E-state index contributed by atoms with van der Waals surface area (Å²) in [4.78, 5) is 73.4. The number of rotatable bonds is 10. The molecular formula is C38H63FN8O7. The van der Waals surface area contributed by atoms with Gasteiger partial charge in [-0.25, -0.2) is 23.6 Å². The highest BCUT2D eigenvalue weighted by molar-refractivity contribution is 5.90. The summed E-state index contributed by atoms with van der Waals surface area (Å²) in [5, 5.41) is 8.34. The number of urea groups is 1. The molecule has 0 bridgehead atoms. The first-order valence-corrected chi connectivity index (χ1v) is 19.5. The quantitative estimate of drug-likeness (QED) is 0.295. The summed E-state index contributed by atoms with van der Waals surface area (Å²) in [5.74, 6) is 0.281. The topological polar surface area (TPSA) is 167 Å². The van der Waals surface area contributed by atoms with Gasteiger partial charge in [-0.05, 0) is 119 Å². The minimum Gasteiger partial charge on any atom is -0.444 e. The number of ether oxygens (including phenoxy) is 2. The predicted octanol–water partition coefficient (Wildman–Crippen LogP) is 5.06. The Morgan fingerprint density at radius 1 is 0.833 bits per heavy atom. The molecule has 0 atom stereocenters. The predicted molar refractivity (Wildman–Crippen MR) is 203 cm³/mol. The van der Waals surface area contributed by atoms with Crippen molar-refractivity contribution in [2.75, 3.05) is 51.3 Å². The van der Waals surface area contributed by atoms with Crippen LogP contribution in [0.15, 0.2) is 17.1 Å². The van der Waals surface area contributed by atoms with Gasteiger partial charge in [-0.15, -0.1) is 0 Å². The lowest BCUT2D eigenvalue weighted by molar-refractivity contribution is -0.138. The Labute approximate surface area is 319 Å². The van der Waals surface area contributed by atoms with E-state index in [1.807, 2.05) is 20.8 Å². The molecule has 1 aromatic rings. The van der Waals surface area contributed by atoms with E-state index < -0.39 is 47.3 Å². The molecule has 1 aromatic heterocycles. The molecular weight excluding hydrogens is 699 g/mol. The number of aromatic nitrogens is 2. The molecule has 0 radical (unpaired) electrons. The van der Waals surface area contributed by atoms with Gasteiger partial charge >= 0.3 is 23.9 Å². The van der Waals surface area contributed by atoms with E-state index in [1.54, 1.807) is 61.2 Å². The van der Waals surface area contributed by atoms with Gasteiger partial charge in [0.25, 0.3) is 0 Å². The van der Waals surface area contributed by atoms with Crippen LogP contribution in [0.3, 0.4) is 0 Å². The average molecular weight is 763 g/mol. The second-order valence-electron chi connectivity index (χ2n) is 17.5. The van der Waals surface area contributed by atoms with E-state index in [0.717, 1.165) is 57.9 Å². The third-order valence-corrected chi connectivity index (χ3v) is 10.3. The lowest BCUT2D eigenvalue weighted by Gasteiger charge is -2.40. The SMILES string of the molecule is CC(C)(C)OC(=O)NC(C)(C)C(=O)N1CCN(C(=O)Nc2ccn([C@H]3CC[C@H](CN(CCF)[C@H]4CC[C@H](NC(=O)OC(C)(C)C)CC4)CC3)c(=O)n2)CC1. The number of nitrogens with one attached hydrogen (secondary N) is 3. The maximum absolute atomic E-state index is 13.6. The van der Waals surface area contributed by atoms with Crippen molar-refractivity contribution in [1.29, 1.82) is 0 Å². The van der Waals surface area contributed by atoms with Gasteiger partial charge in [0.15, 0.2) is 0 Å². The number of amides is 5. The molecule has 1 aliphatic heterocycles. The van der Waals surface area contributed by atoms with Crippen LogP contribution in [0.4, 0.5) is 24.6 Å². The average Bonchev–Trinajstić information content (AvgIpc) is 3.07. The molecule has 3 fully saturated rings. The Bertz CT molecular complexity index is 1500. The zero-order chi connectivity index (χ0) is 39.8. The van der Waals surface area contributed by atoms with Crippen molar-refractivity contribution in [3.8, 4) is 0 Å². The number of halogens is 1. The summed E-state index contributed by atoms with van der Waals surface area (Å²) in [5.41, 5.74) is -2.86. The van der Waals surface area contributed by atoms with Crippen LogP contribution in [-0.2, 0) is 14.3 Å². The van der Waals surface area contributed by atoms with E-state index in [1.165, 1.54) is 0 Å². The number of nitrogens with zero attached hydrogens (tertiary/aromatic N) is 5. The summed E-state index contributed by atoms with van der Waals surface area (Å²) in [6.07, 6.45) is 7.50. The fraction of sp³-hybridized carbons (Fsp3) is 0.789. The molecule has 2 aliphatic carbocycles. The number of anilines is 1. The number of carbonyl (C=O) groups is 4. The summed E-state index contributed by atoms with van der Waals surface area (Å²) in [7, 11) is 0. The summed E-state index contributed by atoms with van der Waals surface area (Å²) >= 11 is 0. The van der Waals surface area contributed by atoms with Crippen molar-refractivity contribution in [3.63, 3.8) is 0 Å². The molecule has 2 saturated carbocycles. The Balaban J connectivity index is 1.21. The van der Waals surface area contributed by atoms with Crippen LogP contribution >= 0.6 is 0 Å². The monoisotopic (exact) mass is 762 g/mol. The van der Waals surface area contributed by atoms with E-state index >= 15 is 0 Å². The van der Waals surface area contributed by atoms with Gasteiger partial charge in [-0.2, -0.15) is 4.98 Å². The molecule has 1 saturated heterocycles. The van der Waals surface area contributed by atoms with Gasteiger partial charge in [-0.3, -0.25) is 19.6 Å².